The third-order valence-corrected chi connectivity index (χ3v) is 6.79. The van der Waals surface area contributed by atoms with Crippen LogP contribution in [0.2, 0.25) is 0 Å². The first-order valence-corrected chi connectivity index (χ1v) is 11.0. The summed E-state index contributed by atoms with van der Waals surface area (Å²) in [5.74, 6) is 0. The Balaban J connectivity index is 1.60. The van der Waals surface area contributed by atoms with Crippen molar-refractivity contribution >= 4 is 32.4 Å². The van der Waals surface area contributed by atoms with Crippen LogP contribution in [0.1, 0.15) is 35.9 Å². The third kappa shape index (κ3) is 3.32. The average Bonchev–Trinajstić information content (AvgIpc) is 3.05. The number of pyridine rings is 1. The molecule has 1 aliphatic rings. The summed E-state index contributed by atoms with van der Waals surface area (Å²) in [6.07, 6.45) is 3.44. The van der Waals surface area contributed by atoms with E-state index in [1.165, 1.54) is 10.3 Å². The first-order chi connectivity index (χ1) is 12.5. The molecule has 0 aliphatic carbocycles. The van der Waals surface area contributed by atoms with E-state index in [-0.39, 0.29) is 6.04 Å². The summed E-state index contributed by atoms with van der Waals surface area (Å²) in [5.41, 5.74) is 5.80. The highest BCUT2D eigenvalue weighted by Crippen LogP contribution is 2.31. The van der Waals surface area contributed by atoms with Gasteiger partial charge in [-0.3, -0.25) is 14.1 Å². The fourth-order valence-electron chi connectivity index (χ4n) is 3.50. The number of aromatic nitrogens is 2. The van der Waals surface area contributed by atoms with Gasteiger partial charge in [0.15, 0.2) is 0 Å². The van der Waals surface area contributed by atoms with Crippen molar-refractivity contribution in [3.05, 3.63) is 52.8 Å². The number of aliphatic hydroxyl groups is 1. The maximum Gasteiger partial charge on any atom is 0.0935 e. The van der Waals surface area contributed by atoms with Crippen LogP contribution in [-0.2, 0) is 17.2 Å². The minimum Gasteiger partial charge on any atom is -0.387 e. The monoisotopic (exact) mass is 387 g/mol. The molecule has 5 nitrogen and oxygen atoms in total. The number of aliphatic hydroxyl groups excluding tert-OH is 1. The molecule has 0 radical (unpaired) electrons. The number of fused-ring (bicyclic) bond motifs is 2. The number of hydrogen-bond donors (Lipinski definition) is 1. The summed E-state index contributed by atoms with van der Waals surface area (Å²) in [6.45, 7) is 3.52. The van der Waals surface area contributed by atoms with Crippen molar-refractivity contribution in [2.24, 2.45) is 0 Å². The highest BCUT2D eigenvalue weighted by Gasteiger charge is 2.26. The lowest BCUT2D eigenvalue weighted by molar-refractivity contribution is 0.0984. The van der Waals surface area contributed by atoms with E-state index in [2.05, 4.69) is 40.0 Å². The molecular formula is C19H21N3O2S2. The molecule has 0 saturated carbocycles. The van der Waals surface area contributed by atoms with Crippen LogP contribution in [0.5, 0.6) is 0 Å². The molecule has 0 bridgehead atoms. The van der Waals surface area contributed by atoms with Crippen LogP contribution in [0, 0.1) is 0 Å². The molecule has 3 aromatic rings. The van der Waals surface area contributed by atoms with E-state index in [1.807, 2.05) is 11.6 Å². The molecule has 2 aromatic heterocycles. The van der Waals surface area contributed by atoms with Crippen LogP contribution in [0.4, 0.5) is 0 Å². The van der Waals surface area contributed by atoms with E-state index in [0.29, 0.717) is 11.4 Å². The molecule has 0 spiro atoms. The Morgan fingerprint density at radius 1 is 1.35 bits per heavy atom. The van der Waals surface area contributed by atoms with Gasteiger partial charge in [0.05, 0.1) is 37.5 Å². The molecule has 1 aliphatic heterocycles. The van der Waals surface area contributed by atoms with Crippen molar-refractivity contribution in [2.75, 3.05) is 19.3 Å². The van der Waals surface area contributed by atoms with Crippen LogP contribution in [0.15, 0.2) is 40.9 Å². The number of benzene rings is 1. The first-order valence-electron chi connectivity index (χ1n) is 8.60. The molecule has 0 saturated heterocycles. The maximum absolute atomic E-state index is 11.7. The zero-order chi connectivity index (χ0) is 18.3. The van der Waals surface area contributed by atoms with Crippen LogP contribution >= 0.6 is 11.3 Å². The van der Waals surface area contributed by atoms with E-state index in [1.54, 1.807) is 23.8 Å². The Morgan fingerprint density at radius 2 is 2.19 bits per heavy atom. The zero-order valence-electron chi connectivity index (χ0n) is 14.8. The quantitative estimate of drug-likeness (QED) is 0.748. The van der Waals surface area contributed by atoms with E-state index >= 15 is 0 Å². The van der Waals surface area contributed by atoms with Crippen LogP contribution in [-0.4, -0.2) is 43.5 Å². The molecular weight excluding hydrogens is 366 g/mol. The van der Waals surface area contributed by atoms with Crippen molar-refractivity contribution in [3.8, 4) is 0 Å². The largest absolute Gasteiger partial charge is 0.387 e. The van der Waals surface area contributed by atoms with Gasteiger partial charge in [0.25, 0.3) is 0 Å². The standard InChI is InChI=1S/C19H21N3O2S2/c1-12(13-3-4-19-17(7-13)21-11-25-19)22-6-5-16-15(18(23)10-22)8-14(9-20-16)26(2)24/h3-4,7-9,11-12,18,23H,5-6,10H2,1-2H3/t12?,18-,26?/m0/s1. The van der Waals surface area contributed by atoms with E-state index < -0.39 is 16.9 Å². The normalized spacial score (nSPS) is 20.5. The van der Waals surface area contributed by atoms with Crippen molar-refractivity contribution < 1.29 is 9.32 Å². The summed E-state index contributed by atoms with van der Waals surface area (Å²) in [4.78, 5) is 11.8. The lowest BCUT2D eigenvalue weighted by Gasteiger charge is -2.29. The Morgan fingerprint density at radius 3 is 3.00 bits per heavy atom. The second-order valence-electron chi connectivity index (χ2n) is 6.68. The minimum atomic E-state index is -1.10. The SMILES string of the molecule is CC(c1ccc2scnc2c1)N1CCc2ncc(S(C)=O)cc2[C@@H](O)C1. The fourth-order valence-corrected chi connectivity index (χ4v) is 4.66. The van der Waals surface area contributed by atoms with Crippen LogP contribution < -0.4 is 0 Å². The van der Waals surface area contributed by atoms with Gasteiger partial charge in [-0.15, -0.1) is 11.3 Å². The number of hydrogen-bond acceptors (Lipinski definition) is 6. The second kappa shape index (κ2) is 7.15. The lowest BCUT2D eigenvalue weighted by Crippen LogP contribution is -2.31. The Hall–Kier alpha value is -1.67. The van der Waals surface area contributed by atoms with Crippen LogP contribution in [0.3, 0.4) is 0 Å². The second-order valence-corrected chi connectivity index (χ2v) is 8.94. The van der Waals surface area contributed by atoms with E-state index in [4.69, 9.17) is 0 Å². The highest BCUT2D eigenvalue weighted by molar-refractivity contribution is 7.84. The molecule has 3 atom stereocenters. The molecule has 136 valence electrons. The Bertz CT molecular complexity index is 972. The summed E-state index contributed by atoms with van der Waals surface area (Å²) < 4.78 is 12.9. The molecule has 3 heterocycles. The topological polar surface area (TPSA) is 66.3 Å². The van der Waals surface area contributed by atoms with Gasteiger partial charge in [0, 0.05) is 49.3 Å². The van der Waals surface area contributed by atoms with Crippen molar-refractivity contribution in [2.45, 2.75) is 30.4 Å². The van der Waals surface area contributed by atoms with Gasteiger partial charge >= 0.3 is 0 Å². The number of rotatable bonds is 3. The van der Waals surface area contributed by atoms with Crippen molar-refractivity contribution in [1.29, 1.82) is 0 Å². The molecule has 7 heteroatoms. The van der Waals surface area contributed by atoms with Gasteiger partial charge in [-0.1, -0.05) is 6.07 Å². The van der Waals surface area contributed by atoms with Crippen molar-refractivity contribution in [1.82, 2.24) is 14.9 Å². The summed E-state index contributed by atoms with van der Waals surface area (Å²) in [7, 11) is -1.10. The van der Waals surface area contributed by atoms with Gasteiger partial charge in [0.2, 0.25) is 0 Å². The van der Waals surface area contributed by atoms with E-state index in [9.17, 15) is 9.32 Å². The predicted octanol–water partition coefficient (Wildman–Crippen LogP) is 3.08. The lowest BCUT2D eigenvalue weighted by atomic mass is 10.1. The highest BCUT2D eigenvalue weighted by atomic mass is 32.2. The van der Waals surface area contributed by atoms with Gasteiger partial charge in [-0.05, 0) is 30.7 Å². The van der Waals surface area contributed by atoms with Gasteiger partial charge < -0.3 is 5.11 Å². The summed E-state index contributed by atoms with van der Waals surface area (Å²) in [5, 5.41) is 10.8. The summed E-state index contributed by atoms with van der Waals surface area (Å²) in [6, 6.07) is 8.42. The molecule has 4 rings (SSSR count). The average molecular weight is 388 g/mol. The molecule has 1 aromatic carbocycles. The molecule has 2 unspecified atom stereocenters. The molecule has 0 fully saturated rings. The van der Waals surface area contributed by atoms with E-state index in [0.717, 1.165) is 29.7 Å². The third-order valence-electron chi connectivity index (χ3n) is 5.10. The first kappa shape index (κ1) is 17.7. The molecule has 0 amide bonds. The Labute approximate surface area is 159 Å². The number of β-amino-alcohol motifs (C(OH)–C–C–N with tert-alkyl or cyclic N) is 1. The van der Waals surface area contributed by atoms with Crippen LogP contribution in [0.25, 0.3) is 10.2 Å². The smallest absolute Gasteiger partial charge is 0.0935 e. The number of thiazole rings is 1. The molecule has 26 heavy (non-hydrogen) atoms. The Kier molecular flexibility index (Phi) is 4.88. The maximum atomic E-state index is 11.7. The predicted molar refractivity (Wildman–Crippen MR) is 105 cm³/mol. The van der Waals surface area contributed by atoms with Gasteiger partial charge in [0.1, 0.15) is 0 Å². The van der Waals surface area contributed by atoms with Gasteiger partial charge in [-0.2, -0.15) is 0 Å². The molecule has 1 N–H and O–H groups in total. The summed E-state index contributed by atoms with van der Waals surface area (Å²) >= 11 is 1.64. The van der Waals surface area contributed by atoms with Gasteiger partial charge in [-0.25, -0.2) is 4.98 Å². The fraction of sp³-hybridized carbons (Fsp3) is 0.368. The minimum absolute atomic E-state index is 0.171. The zero-order valence-corrected chi connectivity index (χ0v) is 16.4. The number of nitrogens with zero attached hydrogens (tertiary/aromatic N) is 3. The van der Waals surface area contributed by atoms with Crippen molar-refractivity contribution in [3.63, 3.8) is 0 Å².